The quantitative estimate of drug-likeness (QED) is 0.0261. The summed E-state index contributed by atoms with van der Waals surface area (Å²) < 4.78 is 230. The van der Waals surface area contributed by atoms with Crippen LogP contribution in [-0.2, 0) is 78.4 Å². The lowest BCUT2D eigenvalue weighted by Crippen LogP contribution is -2.26. The maximum Gasteiger partial charge on any atom is 0.418 e. The molecule has 0 spiro atoms. The molecule has 1 fully saturated rings. The molecule has 28 nitrogen and oxygen atoms in total. The van der Waals surface area contributed by atoms with Gasteiger partial charge in [0.25, 0.3) is 29.5 Å². The van der Waals surface area contributed by atoms with Gasteiger partial charge >= 0.3 is 30.9 Å². The number of halogens is 15. The van der Waals surface area contributed by atoms with Gasteiger partial charge in [0.05, 0.1) is 129 Å². The molecule has 10 heterocycles. The highest BCUT2D eigenvalue weighted by Crippen LogP contribution is 2.47. The Hall–Kier alpha value is -16.2. The predicted molar refractivity (Wildman–Crippen MR) is 531 cm³/mol. The number of unbranched alkanes of at least 4 members (excludes halogenated alkanes) is 1. The summed E-state index contributed by atoms with van der Waals surface area (Å²) in [5.41, 5.74) is 0.175. The zero-order valence-corrected chi connectivity index (χ0v) is 82.3. The van der Waals surface area contributed by atoms with E-state index >= 15 is 0 Å². The van der Waals surface area contributed by atoms with Crippen LogP contribution in [-0.4, -0.2) is 142 Å². The Balaban J connectivity index is 0.000000164. The molecule has 0 radical (unpaired) electrons. The zero-order valence-electron chi connectivity index (χ0n) is 81.5. The number of amides is 6. The Labute approximate surface area is 838 Å². The molecule has 10 aromatic heterocycles. The van der Waals surface area contributed by atoms with E-state index in [0.717, 1.165) is 59.3 Å². The van der Waals surface area contributed by atoms with Gasteiger partial charge in [-0.25, -0.2) is 33.3 Å². The minimum atomic E-state index is -4.81. The molecular weight excluding hydrogens is 1970 g/mol. The van der Waals surface area contributed by atoms with E-state index in [1.165, 1.54) is 76.5 Å². The van der Waals surface area contributed by atoms with E-state index in [-0.39, 0.29) is 111 Å². The summed E-state index contributed by atoms with van der Waals surface area (Å²) in [6.45, 7) is 11.1. The van der Waals surface area contributed by atoms with Gasteiger partial charge < -0.3 is 47.0 Å². The molecule has 0 aliphatic heterocycles. The molecule has 16 rings (SSSR count). The number of hydrogen-bond acceptors (Lipinski definition) is 21. The molecule has 1 aliphatic carbocycles. The number of benzene rings is 5. The lowest BCUT2D eigenvalue weighted by molar-refractivity contribution is -0.137. The number of carbonyl (C=O) groups excluding carboxylic acids is 6. The molecule has 15 aromatic rings. The fraction of sp³-hybridized carbons (Fsp3) is 0.269. The van der Waals surface area contributed by atoms with Gasteiger partial charge in [0.2, 0.25) is 15.9 Å². The van der Waals surface area contributed by atoms with Crippen LogP contribution in [0.1, 0.15) is 182 Å². The van der Waals surface area contributed by atoms with E-state index in [4.69, 9.17) is 0 Å². The van der Waals surface area contributed by atoms with Crippen LogP contribution >= 0.6 is 0 Å². The fourth-order valence-electron chi connectivity index (χ4n) is 15.2. The average Bonchev–Trinajstić information content (AvgIpc) is 1.38. The van der Waals surface area contributed by atoms with E-state index in [9.17, 15) is 103 Å². The van der Waals surface area contributed by atoms with E-state index in [2.05, 4.69) is 87.1 Å². The van der Waals surface area contributed by atoms with Crippen LogP contribution in [0.4, 0.5) is 94.3 Å². The molecule has 0 saturated heterocycles. The molecule has 7 N–H and O–H groups in total. The second kappa shape index (κ2) is 46.9. The van der Waals surface area contributed by atoms with E-state index in [1.54, 1.807) is 182 Å². The smallest absolute Gasteiger partial charge is 0.388 e. The maximum atomic E-state index is 13.9. The van der Waals surface area contributed by atoms with Gasteiger partial charge in [0, 0.05) is 129 Å². The van der Waals surface area contributed by atoms with Crippen LogP contribution in [0.2, 0.25) is 0 Å². The van der Waals surface area contributed by atoms with Gasteiger partial charge in [-0.15, -0.1) is 0 Å². The number of aryl methyl sites for hydroxylation is 4. The number of anilines is 5. The van der Waals surface area contributed by atoms with E-state index < -0.39 is 110 Å². The molecule has 0 atom stereocenters. The van der Waals surface area contributed by atoms with Gasteiger partial charge in [-0.2, -0.15) is 65.9 Å². The van der Waals surface area contributed by atoms with E-state index in [0.29, 0.717) is 102 Å². The third-order valence-corrected chi connectivity index (χ3v) is 24.7. The Morgan fingerprint density at radius 1 is 0.365 bits per heavy atom. The number of sulfonamides is 1. The maximum absolute atomic E-state index is 13.9. The summed E-state index contributed by atoms with van der Waals surface area (Å²) in [5, 5.41) is 20.2. The Morgan fingerprint density at radius 2 is 0.655 bits per heavy atom. The summed E-state index contributed by atoms with van der Waals surface area (Å²) >= 11 is 0. The summed E-state index contributed by atoms with van der Waals surface area (Å²) in [7, 11) is 3.72. The fourth-order valence-corrected chi connectivity index (χ4v) is 15.7. The van der Waals surface area contributed by atoms with Crippen LogP contribution in [0.15, 0.2) is 213 Å². The molecule has 5 aromatic carbocycles. The molecule has 1 saturated carbocycles. The van der Waals surface area contributed by atoms with Crippen molar-refractivity contribution in [3.05, 3.63) is 326 Å². The monoisotopic (exact) mass is 2070 g/mol. The summed E-state index contributed by atoms with van der Waals surface area (Å²) in [5.74, 6) is -3.17. The summed E-state index contributed by atoms with van der Waals surface area (Å²) in [6, 6.07) is 46.1. The highest BCUT2D eigenvalue weighted by molar-refractivity contribution is 7.92. The minimum Gasteiger partial charge on any atom is -0.388 e. The molecule has 148 heavy (non-hydrogen) atoms. The number of alkyl halides is 15. The number of nitrogens with zero attached hydrogens (tertiary/aromatic N) is 13. The van der Waals surface area contributed by atoms with Crippen molar-refractivity contribution in [2.75, 3.05) is 72.8 Å². The normalized spacial score (nSPS) is 12.1. The van der Waals surface area contributed by atoms with Crippen LogP contribution in [0.25, 0.3) is 54.5 Å². The average molecular weight is 2070 g/mol. The zero-order chi connectivity index (χ0) is 108. The molecule has 774 valence electrons. The molecular formula is C104H99F15N20O8S. The topological polar surface area (TPSA) is 359 Å². The van der Waals surface area contributed by atoms with Crippen LogP contribution in [0.3, 0.4) is 0 Å². The number of carbonyl (C=O) groups is 6. The van der Waals surface area contributed by atoms with Crippen molar-refractivity contribution >= 4 is 128 Å². The number of pyridine rings is 10. The van der Waals surface area contributed by atoms with Crippen molar-refractivity contribution in [1.29, 1.82) is 0 Å². The second-order valence-electron chi connectivity index (χ2n) is 34.3. The third kappa shape index (κ3) is 28.3. The van der Waals surface area contributed by atoms with Crippen LogP contribution in [0, 0.1) is 27.7 Å². The van der Waals surface area contributed by atoms with Crippen molar-refractivity contribution in [2.45, 2.75) is 137 Å². The molecule has 0 unspecified atom stereocenters. The first-order chi connectivity index (χ1) is 69.8. The van der Waals surface area contributed by atoms with Gasteiger partial charge in [-0.3, -0.25) is 58.0 Å². The first-order valence-electron chi connectivity index (χ1n) is 45.6. The summed E-state index contributed by atoms with van der Waals surface area (Å²) in [6.07, 6.45) is -10.9. The predicted octanol–water partition coefficient (Wildman–Crippen LogP) is 20.7. The van der Waals surface area contributed by atoms with Gasteiger partial charge in [-0.05, 0) is 232 Å². The minimum absolute atomic E-state index is 0.0569. The largest absolute Gasteiger partial charge is 0.418 e. The molecule has 44 heteroatoms. The first kappa shape index (κ1) is 111. The molecule has 1 aliphatic rings. The second-order valence-corrected chi connectivity index (χ2v) is 36.3. The standard InChI is InChI=1S/C23H25F3N4O.C21H19F3N4O2.C21H19F3N4O.C20H19F3N4O3S.C19H17F3N4O/c1-4-5-10-30(3)17-12-18-15(2)11-20(29-21(18)19(13-17)23(24,25)26)22(31)28-14-16-8-6-7-9-27-16;1-12-8-18(20(30)26-11-14-6-4-5-7-25-14)27-19-16(12)9-15(28(3)13(2)29)10-17(19)21(22,23)24;1-25-17-10-18(20(29)27-11-14-4-2-3-7-26-14)28-19-15(17)8-13(12-5-6-12)9-16(19)21(22,23)24;1-12-8-17(19(28)25-11-13-6-4-5-7-24-13)26-18-15(12)9-14(27(2)31(3,29)30)10-16(18)20(21,22)23;1-11-7-16(18(27)25-10-12-5-3-4-6-24-12)26-17-14(11)8-13(23-2)9-15(17)19(20,21)22/h6-9,11-13H,4-5,10,14H2,1-3H3,(H,28,31);4-10H,11H2,1-3H3,(H,26,30);2-4,7-10,12H,5-6,11H2,1H3,(H,25,28)(H,27,29);4-10H,11H2,1-3H3,(H,25,28);3-9,23H,10H2,1-2H3,(H,25,27). The van der Waals surface area contributed by atoms with Crippen LogP contribution < -0.4 is 51.3 Å². The highest BCUT2D eigenvalue weighted by Gasteiger charge is 2.41. The van der Waals surface area contributed by atoms with Crippen molar-refractivity contribution in [3.63, 3.8) is 0 Å². The van der Waals surface area contributed by atoms with Gasteiger partial charge in [0.15, 0.2) is 0 Å². The van der Waals surface area contributed by atoms with Gasteiger partial charge in [-0.1, -0.05) is 43.7 Å². The Morgan fingerprint density at radius 3 is 0.946 bits per heavy atom. The van der Waals surface area contributed by atoms with Crippen molar-refractivity contribution < 1.29 is 103 Å². The molecule has 0 bridgehead atoms. The van der Waals surface area contributed by atoms with Crippen molar-refractivity contribution in [1.82, 2.24) is 76.4 Å². The Kier molecular flexibility index (Phi) is 35.0. The third-order valence-electron chi connectivity index (χ3n) is 23.5. The first-order valence-corrected chi connectivity index (χ1v) is 47.5. The number of fused-ring (bicyclic) bond motifs is 5. The lowest BCUT2D eigenvalue weighted by Gasteiger charge is -2.22. The van der Waals surface area contributed by atoms with Gasteiger partial charge in [0.1, 0.15) is 28.5 Å². The number of aromatic nitrogens is 10. The summed E-state index contributed by atoms with van der Waals surface area (Å²) in [4.78, 5) is 118. The lowest BCUT2D eigenvalue weighted by atomic mass is 10.00. The van der Waals surface area contributed by atoms with Crippen molar-refractivity contribution in [2.24, 2.45) is 0 Å². The highest BCUT2D eigenvalue weighted by atomic mass is 32.2. The van der Waals surface area contributed by atoms with Crippen LogP contribution in [0.5, 0.6) is 0 Å². The van der Waals surface area contributed by atoms with E-state index in [1.807, 2.05) is 11.8 Å². The number of rotatable bonds is 25. The SMILES string of the molecule is CC(=O)N(C)c1cc(C(F)(F)F)c2nc(C(=O)NCc3ccccn3)cc(C)c2c1.CCCCN(C)c1cc(C(F)(F)F)c2nc(C(=O)NCc3ccccn3)cc(C)c2c1.CNc1cc(C(=O)NCc2ccccn2)nc2c(C(F)(F)F)cc(C3CC3)cc12.CNc1cc(C(F)(F)F)c2nc(C(=O)NCc3ccccn3)cc(C)c2c1.Cc1cc(C(=O)NCc2ccccn2)nc2c(C(F)(F)F)cc(N(C)S(C)(=O)=O)cc12. The Bertz CT molecular complexity index is 7530. The number of hydrogen-bond donors (Lipinski definition) is 7. The molecule has 6 amide bonds. The number of nitrogens with one attached hydrogen (secondary N) is 7. The van der Waals surface area contributed by atoms with Crippen molar-refractivity contribution in [3.8, 4) is 0 Å².